The molecule has 2 aliphatic rings. The van der Waals surface area contributed by atoms with Crippen molar-refractivity contribution < 1.29 is 9.21 Å². The number of piperidine rings is 1. The van der Waals surface area contributed by atoms with Crippen LogP contribution in [0.5, 0.6) is 0 Å². The summed E-state index contributed by atoms with van der Waals surface area (Å²) < 4.78 is 5.03. The quantitative estimate of drug-likeness (QED) is 0.795. The Morgan fingerprint density at radius 3 is 2.90 bits per heavy atom. The molecule has 3 heterocycles. The number of carbonyl (C=O) groups excluding carboxylic acids is 1. The molecule has 0 N–H and O–H groups in total. The van der Waals surface area contributed by atoms with Gasteiger partial charge in [0.1, 0.15) is 6.26 Å². The predicted octanol–water partition coefficient (Wildman–Crippen LogP) is 2.54. The number of amides is 1. The predicted molar refractivity (Wildman–Crippen MR) is 77.6 cm³/mol. The van der Waals surface area contributed by atoms with Crippen molar-refractivity contribution in [2.75, 3.05) is 26.2 Å². The smallest absolute Gasteiger partial charge is 0.257 e. The number of hydrogen-bond donors (Lipinski definition) is 0. The van der Waals surface area contributed by atoms with E-state index in [1.165, 1.54) is 19.3 Å². The third-order valence-corrected chi connectivity index (χ3v) is 4.70. The van der Waals surface area contributed by atoms with Gasteiger partial charge in [0, 0.05) is 25.2 Å². The average molecular weight is 274 g/mol. The van der Waals surface area contributed by atoms with Crippen molar-refractivity contribution in [1.29, 1.82) is 0 Å². The fraction of sp³-hybridized carbons (Fsp3) is 0.562. The molecular weight excluding hydrogens is 252 g/mol. The first-order valence-corrected chi connectivity index (χ1v) is 7.43. The topological polar surface area (TPSA) is 36.7 Å². The van der Waals surface area contributed by atoms with Crippen LogP contribution in [-0.2, 0) is 0 Å². The molecular formula is C16H22N2O2. The van der Waals surface area contributed by atoms with E-state index < -0.39 is 0 Å². The summed E-state index contributed by atoms with van der Waals surface area (Å²) in [6.45, 7) is 7.60. The molecule has 1 amide bonds. The zero-order chi connectivity index (χ0) is 14.0. The van der Waals surface area contributed by atoms with E-state index >= 15 is 0 Å². The lowest BCUT2D eigenvalue weighted by molar-refractivity contribution is 0.0366. The average Bonchev–Trinajstić information content (AvgIpc) is 3.10. The Kier molecular flexibility index (Phi) is 3.66. The van der Waals surface area contributed by atoms with Crippen LogP contribution in [0, 0.1) is 0 Å². The van der Waals surface area contributed by atoms with Crippen LogP contribution in [0.4, 0.5) is 0 Å². The Morgan fingerprint density at radius 2 is 2.20 bits per heavy atom. The van der Waals surface area contributed by atoms with Gasteiger partial charge in [0.2, 0.25) is 0 Å². The highest BCUT2D eigenvalue weighted by atomic mass is 16.3. The summed E-state index contributed by atoms with van der Waals surface area (Å²) in [6, 6.07) is 1.75. The fourth-order valence-electron chi connectivity index (χ4n) is 3.75. The zero-order valence-corrected chi connectivity index (χ0v) is 11.9. The second-order valence-corrected chi connectivity index (χ2v) is 5.90. The van der Waals surface area contributed by atoms with Gasteiger partial charge in [0.25, 0.3) is 5.91 Å². The number of nitrogens with zero attached hydrogens (tertiary/aromatic N) is 2. The van der Waals surface area contributed by atoms with Gasteiger partial charge in [0.15, 0.2) is 0 Å². The van der Waals surface area contributed by atoms with Gasteiger partial charge in [-0.2, -0.15) is 0 Å². The van der Waals surface area contributed by atoms with Crippen molar-refractivity contribution >= 4 is 5.91 Å². The lowest BCUT2D eigenvalue weighted by Crippen LogP contribution is -2.56. The molecule has 1 aromatic rings. The SMILES string of the molecule is C=CCN1CCCC12CCCN(C(=O)c1ccoc1)C2. The molecule has 1 spiro atoms. The van der Waals surface area contributed by atoms with E-state index in [2.05, 4.69) is 11.5 Å². The molecule has 4 heteroatoms. The van der Waals surface area contributed by atoms with Crippen molar-refractivity contribution in [1.82, 2.24) is 9.80 Å². The van der Waals surface area contributed by atoms with Gasteiger partial charge in [0.05, 0.1) is 11.8 Å². The first-order chi connectivity index (χ1) is 9.75. The summed E-state index contributed by atoms with van der Waals surface area (Å²) in [7, 11) is 0. The largest absolute Gasteiger partial charge is 0.472 e. The van der Waals surface area contributed by atoms with E-state index in [4.69, 9.17) is 4.42 Å². The summed E-state index contributed by atoms with van der Waals surface area (Å²) in [4.78, 5) is 17.0. The van der Waals surface area contributed by atoms with Gasteiger partial charge in [-0.1, -0.05) is 6.08 Å². The molecule has 108 valence electrons. The van der Waals surface area contributed by atoms with Crippen molar-refractivity contribution in [3.8, 4) is 0 Å². The van der Waals surface area contributed by atoms with E-state index in [0.717, 1.165) is 32.6 Å². The molecule has 4 nitrogen and oxygen atoms in total. The van der Waals surface area contributed by atoms with Crippen LogP contribution < -0.4 is 0 Å². The second kappa shape index (κ2) is 5.44. The minimum Gasteiger partial charge on any atom is -0.472 e. The summed E-state index contributed by atoms with van der Waals surface area (Å²) >= 11 is 0. The summed E-state index contributed by atoms with van der Waals surface area (Å²) in [5, 5.41) is 0. The van der Waals surface area contributed by atoms with Crippen molar-refractivity contribution in [2.24, 2.45) is 0 Å². The highest BCUT2D eigenvalue weighted by Crippen LogP contribution is 2.37. The number of rotatable bonds is 3. The highest BCUT2D eigenvalue weighted by Gasteiger charge is 2.44. The van der Waals surface area contributed by atoms with Gasteiger partial charge >= 0.3 is 0 Å². The molecule has 1 aromatic heterocycles. The lowest BCUT2D eigenvalue weighted by Gasteiger charge is -2.45. The Hall–Kier alpha value is -1.55. The maximum atomic E-state index is 12.5. The molecule has 3 rings (SSSR count). The number of hydrogen-bond acceptors (Lipinski definition) is 3. The van der Waals surface area contributed by atoms with Gasteiger partial charge in [-0.3, -0.25) is 9.69 Å². The molecule has 20 heavy (non-hydrogen) atoms. The van der Waals surface area contributed by atoms with Gasteiger partial charge in [-0.15, -0.1) is 6.58 Å². The normalized spacial score (nSPS) is 27.1. The van der Waals surface area contributed by atoms with Crippen LogP contribution in [0.3, 0.4) is 0 Å². The molecule has 0 radical (unpaired) electrons. The molecule has 2 saturated heterocycles. The molecule has 0 saturated carbocycles. The number of carbonyl (C=O) groups is 1. The van der Waals surface area contributed by atoms with Gasteiger partial charge < -0.3 is 9.32 Å². The molecule has 1 unspecified atom stereocenters. The minimum atomic E-state index is 0.100. The van der Waals surface area contributed by atoms with E-state index in [-0.39, 0.29) is 11.4 Å². The van der Waals surface area contributed by atoms with Crippen molar-refractivity contribution in [3.63, 3.8) is 0 Å². The first-order valence-electron chi connectivity index (χ1n) is 7.43. The Labute approximate surface area is 120 Å². The number of likely N-dealkylation sites (tertiary alicyclic amines) is 2. The zero-order valence-electron chi connectivity index (χ0n) is 11.9. The minimum absolute atomic E-state index is 0.100. The monoisotopic (exact) mass is 274 g/mol. The first kappa shape index (κ1) is 13.4. The third kappa shape index (κ3) is 2.29. The van der Waals surface area contributed by atoms with E-state index in [0.29, 0.717) is 5.56 Å². The van der Waals surface area contributed by atoms with Crippen molar-refractivity contribution in [2.45, 2.75) is 31.2 Å². The maximum Gasteiger partial charge on any atom is 0.257 e. The van der Waals surface area contributed by atoms with Gasteiger partial charge in [-0.05, 0) is 38.3 Å². The molecule has 0 aliphatic carbocycles. The van der Waals surface area contributed by atoms with E-state index in [1.807, 2.05) is 11.0 Å². The number of furan rings is 1. The van der Waals surface area contributed by atoms with E-state index in [9.17, 15) is 4.79 Å². The molecule has 2 aliphatic heterocycles. The second-order valence-electron chi connectivity index (χ2n) is 5.90. The Morgan fingerprint density at radius 1 is 1.40 bits per heavy atom. The maximum absolute atomic E-state index is 12.5. The Balaban J connectivity index is 1.76. The van der Waals surface area contributed by atoms with Crippen LogP contribution in [0.2, 0.25) is 0 Å². The molecule has 0 bridgehead atoms. The highest BCUT2D eigenvalue weighted by molar-refractivity contribution is 5.93. The fourth-order valence-corrected chi connectivity index (χ4v) is 3.75. The van der Waals surface area contributed by atoms with Crippen LogP contribution >= 0.6 is 0 Å². The summed E-state index contributed by atoms with van der Waals surface area (Å²) in [5.41, 5.74) is 0.835. The third-order valence-electron chi connectivity index (χ3n) is 4.70. The van der Waals surface area contributed by atoms with Crippen LogP contribution in [-0.4, -0.2) is 47.4 Å². The Bertz CT molecular complexity index is 483. The van der Waals surface area contributed by atoms with Gasteiger partial charge in [-0.25, -0.2) is 0 Å². The van der Waals surface area contributed by atoms with Crippen LogP contribution in [0.15, 0.2) is 35.7 Å². The molecule has 2 fully saturated rings. The summed E-state index contributed by atoms with van der Waals surface area (Å²) in [6.07, 6.45) is 9.76. The van der Waals surface area contributed by atoms with E-state index in [1.54, 1.807) is 18.6 Å². The summed E-state index contributed by atoms with van der Waals surface area (Å²) in [5.74, 6) is 0.100. The molecule has 1 atom stereocenters. The van der Waals surface area contributed by atoms with Crippen molar-refractivity contribution in [3.05, 3.63) is 36.8 Å². The lowest BCUT2D eigenvalue weighted by atomic mass is 9.86. The van der Waals surface area contributed by atoms with Crippen LogP contribution in [0.25, 0.3) is 0 Å². The molecule has 0 aromatic carbocycles. The standard InChI is InChI=1S/C16H22N2O2/c1-2-8-18-10-4-7-16(18)6-3-9-17(13-16)15(19)14-5-11-20-12-14/h2,5,11-12H,1,3-4,6-10,13H2. The van der Waals surface area contributed by atoms with Crippen LogP contribution in [0.1, 0.15) is 36.0 Å².